The monoisotopic (exact) mass is 488 g/mol. The van der Waals surface area contributed by atoms with Crippen LogP contribution in [0.25, 0.3) is 6.08 Å². The molecule has 1 atom stereocenters. The highest BCUT2D eigenvalue weighted by molar-refractivity contribution is 9.10. The van der Waals surface area contributed by atoms with E-state index in [2.05, 4.69) is 52.2 Å². The molecule has 2 aromatic rings. The number of thioether (sulfide) groups is 1. The lowest BCUT2D eigenvalue weighted by atomic mass is 10.1. The molecule has 0 aromatic heterocycles. The zero-order valence-electron chi connectivity index (χ0n) is 17.0. The fourth-order valence-electron chi connectivity index (χ4n) is 2.89. The second-order valence-electron chi connectivity index (χ2n) is 6.53. The van der Waals surface area contributed by atoms with Crippen LogP contribution in [0.15, 0.2) is 58.4 Å². The third-order valence-corrected chi connectivity index (χ3v) is 6.11. The van der Waals surface area contributed by atoms with Crippen LogP contribution in [0, 0.1) is 0 Å². The minimum Gasteiger partial charge on any atom is -0.490 e. The molecule has 3 rings (SSSR count). The van der Waals surface area contributed by atoms with Crippen molar-refractivity contribution in [3.8, 4) is 11.5 Å². The van der Waals surface area contributed by atoms with Gasteiger partial charge in [-0.25, -0.2) is 0 Å². The molecule has 1 aliphatic rings. The van der Waals surface area contributed by atoms with Gasteiger partial charge in [0.1, 0.15) is 6.61 Å². The molecule has 0 bridgehead atoms. The van der Waals surface area contributed by atoms with Crippen LogP contribution in [-0.4, -0.2) is 24.6 Å². The summed E-state index contributed by atoms with van der Waals surface area (Å²) in [4.78, 5) is 13.1. The molecule has 1 saturated heterocycles. The van der Waals surface area contributed by atoms with Gasteiger partial charge in [0.15, 0.2) is 17.0 Å². The van der Waals surface area contributed by atoms with Crippen molar-refractivity contribution in [2.75, 3.05) is 18.5 Å². The van der Waals surface area contributed by atoms with Crippen LogP contribution in [0.2, 0.25) is 0 Å². The maximum absolute atomic E-state index is 12.5. The quantitative estimate of drug-likeness (QED) is 0.356. The Morgan fingerprint density at radius 1 is 1.20 bits per heavy atom. The Kier molecular flexibility index (Phi) is 7.87. The molecule has 7 heteroatoms. The molecule has 0 spiro atoms. The van der Waals surface area contributed by atoms with Gasteiger partial charge < -0.3 is 20.1 Å². The number of anilines is 1. The third kappa shape index (κ3) is 5.61. The summed E-state index contributed by atoms with van der Waals surface area (Å²) in [6.45, 7) is 8.62. The number of aryl methyl sites for hydroxylation is 1. The van der Waals surface area contributed by atoms with E-state index in [4.69, 9.17) is 9.47 Å². The van der Waals surface area contributed by atoms with Crippen molar-refractivity contribution >= 4 is 45.4 Å². The van der Waals surface area contributed by atoms with Gasteiger partial charge in [0.05, 0.1) is 11.5 Å². The van der Waals surface area contributed by atoms with E-state index < -0.39 is 0 Å². The third-order valence-electron chi connectivity index (χ3n) is 4.40. The molecule has 1 heterocycles. The first-order chi connectivity index (χ1) is 14.5. The molecule has 5 nitrogen and oxygen atoms in total. The summed E-state index contributed by atoms with van der Waals surface area (Å²) in [6.07, 6.45) is 4.53. The summed E-state index contributed by atoms with van der Waals surface area (Å²) in [7, 11) is 0. The van der Waals surface area contributed by atoms with Gasteiger partial charge in [-0.3, -0.25) is 4.79 Å². The lowest BCUT2D eigenvalue weighted by Crippen LogP contribution is -2.30. The van der Waals surface area contributed by atoms with E-state index in [-0.39, 0.29) is 11.4 Å². The van der Waals surface area contributed by atoms with Crippen LogP contribution < -0.4 is 20.1 Å². The van der Waals surface area contributed by atoms with Crippen molar-refractivity contribution in [1.29, 1.82) is 0 Å². The van der Waals surface area contributed by atoms with Crippen molar-refractivity contribution in [3.63, 3.8) is 0 Å². The van der Waals surface area contributed by atoms with Gasteiger partial charge in [-0.15, -0.1) is 0 Å². The summed E-state index contributed by atoms with van der Waals surface area (Å²) in [5, 5.41) is 6.30. The molecular weight excluding hydrogens is 464 g/mol. The van der Waals surface area contributed by atoms with E-state index >= 15 is 0 Å². The largest absolute Gasteiger partial charge is 0.490 e. The number of hydrogen-bond donors (Lipinski definition) is 2. The number of carbonyl (C=O) groups excluding carboxylic acids is 1. The fraction of sp³-hybridized carbons (Fsp3) is 0.261. The molecule has 30 heavy (non-hydrogen) atoms. The lowest BCUT2D eigenvalue weighted by Gasteiger charge is -2.13. The highest BCUT2D eigenvalue weighted by Gasteiger charge is 2.27. The summed E-state index contributed by atoms with van der Waals surface area (Å²) >= 11 is 5.02. The number of ether oxygens (including phenoxy) is 2. The Labute approximate surface area is 190 Å². The van der Waals surface area contributed by atoms with Crippen LogP contribution in [0.1, 0.15) is 25.0 Å². The number of halogens is 1. The normalized spacial score (nSPS) is 17.0. The molecule has 1 amide bonds. The minimum atomic E-state index is -0.225. The number of amides is 1. The number of carbonyl (C=O) groups is 1. The predicted octanol–water partition coefficient (Wildman–Crippen LogP) is 5.57. The van der Waals surface area contributed by atoms with Crippen LogP contribution >= 0.6 is 27.7 Å². The maximum atomic E-state index is 12.5. The highest BCUT2D eigenvalue weighted by atomic mass is 79.9. The van der Waals surface area contributed by atoms with E-state index in [1.54, 1.807) is 6.08 Å². The molecule has 0 radical (unpaired) electrons. The van der Waals surface area contributed by atoms with Crippen LogP contribution in [0.5, 0.6) is 11.5 Å². The van der Waals surface area contributed by atoms with Crippen molar-refractivity contribution in [1.82, 2.24) is 5.32 Å². The molecule has 2 aromatic carbocycles. The SMILES string of the molecule is C=CCOc1cc(Br)c(/C=C2\S[C@H](Nc3ccc(CC)cc3)NC2=O)cc1OCC. The van der Waals surface area contributed by atoms with E-state index in [9.17, 15) is 4.79 Å². The van der Waals surface area contributed by atoms with Gasteiger partial charge in [-0.05, 0) is 54.8 Å². The fourth-order valence-corrected chi connectivity index (χ4v) is 4.30. The van der Waals surface area contributed by atoms with Crippen LogP contribution in [-0.2, 0) is 11.2 Å². The Hall–Kier alpha value is -2.38. The van der Waals surface area contributed by atoms with Crippen molar-refractivity contribution < 1.29 is 14.3 Å². The average molecular weight is 489 g/mol. The molecule has 158 valence electrons. The molecule has 0 saturated carbocycles. The first-order valence-electron chi connectivity index (χ1n) is 9.78. The van der Waals surface area contributed by atoms with Gasteiger partial charge in [-0.2, -0.15) is 0 Å². The molecule has 1 aliphatic heterocycles. The second kappa shape index (κ2) is 10.6. The van der Waals surface area contributed by atoms with E-state index in [1.165, 1.54) is 17.3 Å². The average Bonchev–Trinajstić information content (AvgIpc) is 3.08. The Bertz CT molecular complexity index is 944. The topological polar surface area (TPSA) is 59.6 Å². The Morgan fingerprint density at radius 3 is 2.60 bits per heavy atom. The highest BCUT2D eigenvalue weighted by Crippen LogP contribution is 2.37. The first kappa shape index (κ1) is 22.3. The predicted molar refractivity (Wildman–Crippen MR) is 128 cm³/mol. The van der Waals surface area contributed by atoms with Gasteiger partial charge >= 0.3 is 0 Å². The number of benzene rings is 2. The van der Waals surface area contributed by atoms with Crippen LogP contribution in [0.3, 0.4) is 0 Å². The zero-order chi connectivity index (χ0) is 21.5. The van der Waals surface area contributed by atoms with E-state index in [0.717, 1.165) is 22.1 Å². The number of nitrogens with one attached hydrogen (secondary N) is 2. The number of hydrogen-bond acceptors (Lipinski definition) is 5. The van der Waals surface area contributed by atoms with Crippen LogP contribution in [0.4, 0.5) is 5.69 Å². The summed E-state index contributed by atoms with van der Waals surface area (Å²) in [5.41, 5.74) is 2.86. The standard InChI is InChI=1S/C23H25BrN2O3S/c1-4-11-29-20-14-18(24)16(12-19(20)28-6-3)13-21-22(27)26-23(30-21)25-17-9-7-15(5-2)8-10-17/h4,7-10,12-14,23,25H,1,5-6,11H2,2-3H3,(H,26,27)/b21-13-/t23-/m1/s1. The van der Waals surface area contributed by atoms with Gasteiger partial charge in [0.25, 0.3) is 5.91 Å². The number of rotatable bonds is 9. The molecule has 1 fully saturated rings. The van der Waals surface area contributed by atoms with Crippen molar-refractivity contribution in [2.24, 2.45) is 0 Å². The Morgan fingerprint density at radius 2 is 1.93 bits per heavy atom. The van der Waals surface area contributed by atoms with E-state index in [0.29, 0.717) is 29.6 Å². The minimum absolute atomic E-state index is 0.112. The molecular formula is C23H25BrN2O3S. The zero-order valence-corrected chi connectivity index (χ0v) is 19.4. The Balaban J connectivity index is 1.77. The first-order valence-corrected chi connectivity index (χ1v) is 11.5. The summed E-state index contributed by atoms with van der Waals surface area (Å²) in [5.74, 6) is 1.15. The smallest absolute Gasteiger partial charge is 0.260 e. The lowest BCUT2D eigenvalue weighted by molar-refractivity contribution is -0.116. The molecule has 0 aliphatic carbocycles. The second-order valence-corrected chi connectivity index (χ2v) is 8.53. The van der Waals surface area contributed by atoms with Gasteiger partial charge in [0, 0.05) is 10.2 Å². The molecule has 2 N–H and O–H groups in total. The van der Waals surface area contributed by atoms with E-state index in [1.807, 2.05) is 37.3 Å². The summed E-state index contributed by atoms with van der Waals surface area (Å²) < 4.78 is 12.2. The van der Waals surface area contributed by atoms with Gasteiger partial charge in [0.2, 0.25) is 0 Å². The van der Waals surface area contributed by atoms with Crippen molar-refractivity contribution in [3.05, 3.63) is 69.6 Å². The summed E-state index contributed by atoms with van der Waals surface area (Å²) in [6, 6.07) is 12.0. The molecule has 0 unspecified atom stereocenters. The van der Waals surface area contributed by atoms with Gasteiger partial charge in [-0.1, -0.05) is 59.4 Å². The maximum Gasteiger partial charge on any atom is 0.260 e. The van der Waals surface area contributed by atoms with Crippen molar-refractivity contribution in [2.45, 2.75) is 25.8 Å².